The Morgan fingerprint density at radius 1 is 0.944 bits per heavy atom. The highest BCUT2D eigenvalue weighted by Crippen LogP contribution is 2.69. The average Bonchev–Trinajstić information content (AvgIpc) is 2.82. The van der Waals surface area contributed by atoms with Gasteiger partial charge in [0.1, 0.15) is 0 Å². The number of nitrogens with two attached hydrogens (primary N) is 1. The molecule has 4 aliphatic rings. The quantitative estimate of drug-likeness (QED) is 0.781. The first-order valence-electron chi connectivity index (χ1n) is 7.80. The number of fused-ring (bicyclic) bond motifs is 5. The van der Waals surface area contributed by atoms with Crippen molar-refractivity contribution in [3.8, 4) is 0 Å². The molecule has 4 fully saturated rings. The van der Waals surface area contributed by atoms with Crippen LogP contribution in [0.25, 0.3) is 0 Å². The van der Waals surface area contributed by atoms with Gasteiger partial charge in [0, 0.05) is 18.0 Å². The van der Waals surface area contributed by atoms with Crippen LogP contribution in [-0.4, -0.2) is 18.0 Å². The van der Waals surface area contributed by atoms with Gasteiger partial charge in [0.05, 0.1) is 0 Å². The molecule has 18 heavy (non-hydrogen) atoms. The summed E-state index contributed by atoms with van der Waals surface area (Å²) in [5.41, 5.74) is 5.91. The zero-order chi connectivity index (χ0) is 12.3. The van der Waals surface area contributed by atoms with E-state index in [1.165, 1.54) is 19.3 Å². The molecule has 4 atom stereocenters. The van der Waals surface area contributed by atoms with Crippen molar-refractivity contribution < 1.29 is 4.79 Å². The molecule has 3 nitrogen and oxygen atoms in total. The second-order valence-electron chi connectivity index (χ2n) is 7.13. The molecule has 0 radical (unpaired) electrons. The van der Waals surface area contributed by atoms with Crippen LogP contribution in [0.4, 0.5) is 0 Å². The van der Waals surface area contributed by atoms with Crippen LogP contribution in [0.1, 0.15) is 44.9 Å². The fourth-order valence-electron chi connectivity index (χ4n) is 5.24. The van der Waals surface area contributed by atoms with E-state index in [4.69, 9.17) is 5.73 Å². The molecular weight excluding hydrogens is 224 g/mol. The number of carbonyl (C=O) groups excluding carboxylic acids is 1. The number of carbonyl (C=O) groups is 1. The first-order valence-corrected chi connectivity index (χ1v) is 7.80. The van der Waals surface area contributed by atoms with Crippen LogP contribution in [-0.2, 0) is 4.79 Å². The molecule has 0 aliphatic heterocycles. The monoisotopic (exact) mass is 248 g/mol. The molecule has 0 aromatic heterocycles. The van der Waals surface area contributed by atoms with Crippen molar-refractivity contribution in [2.75, 3.05) is 0 Å². The summed E-state index contributed by atoms with van der Waals surface area (Å²) in [5, 5.41) is 3.30. The van der Waals surface area contributed by atoms with Crippen LogP contribution < -0.4 is 11.1 Å². The summed E-state index contributed by atoms with van der Waals surface area (Å²) in [4.78, 5) is 12.3. The molecule has 0 heterocycles. The summed E-state index contributed by atoms with van der Waals surface area (Å²) in [6.07, 6.45) is 8.55. The molecule has 0 aromatic carbocycles. The van der Waals surface area contributed by atoms with Crippen molar-refractivity contribution in [3.05, 3.63) is 0 Å². The van der Waals surface area contributed by atoms with Crippen LogP contribution >= 0.6 is 0 Å². The van der Waals surface area contributed by atoms with Crippen LogP contribution in [0, 0.1) is 29.6 Å². The van der Waals surface area contributed by atoms with Gasteiger partial charge in [0.2, 0.25) is 5.91 Å². The van der Waals surface area contributed by atoms with E-state index >= 15 is 0 Å². The molecule has 3 N–H and O–H groups in total. The number of rotatable bonds is 2. The molecular formula is C15H24N2O. The van der Waals surface area contributed by atoms with Crippen molar-refractivity contribution in [2.45, 2.75) is 57.0 Å². The van der Waals surface area contributed by atoms with Gasteiger partial charge in [0.15, 0.2) is 0 Å². The van der Waals surface area contributed by atoms with E-state index in [9.17, 15) is 4.79 Å². The molecule has 4 rings (SSSR count). The van der Waals surface area contributed by atoms with Crippen LogP contribution in [0.5, 0.6) is 0 Å². The van der Waals surface area contributed by atoms with Gasteiger partial charge in [-0.1, -0.05) is 0 Å². The second kappa shape index (κ2) is 3.96. The topological polar surface area (TPSA) is 55.1 Å². The fourth-order valence-corrected chi connectivity index (χ4v) is 5.24. The largest absolute Gasteiger partial charge is 0.353 e. The molecule has 4 aliphatic carbocycles. The van der Waals surface area contributed by atoms with Crippen LogP contribution in [0.3, 0.4) is 0 Å². The number of amides is 1. The molecule has 3 heteroatoms. The van der Waals surface area contributed by atoms with E-state index in [1.807, 2.05) is 0 Å². The molecule has 4 saturated carbocycles. The first-order chi connectivity index (χ1) is 8.74. The van der Waals surface area contributed by atoms with Gasteiger partial charge in [-0.15, -0.1) is 0 Å². The minimum absolute atomic E-state index is 0.370. The highest BCUT2D eigenvalue weighted by atomic mass is 16.2. The lowest BCUT2D eigenvalue weighted by Crippen LogP contribution is -2.41. The second-order valence-corrected chi connectivity index (χ2v) is 7.13. The van der Waals surface area contributed by atoms with Crippen molar-refractivity contribution in [3.63, 3.8) is 0 Å². The lowest BCUT2D eigenvalue weighted by molar-refractivity contribution is -0.124. The summed E-state index contributed by atoms with van der Waals surface area (Å²) in [6.45, 7) is 0. The lowest BCUT2D eigenvalue weighted by atomic mass is 9.91. The van der Waals surface area contributed by atoms with Crippen molar-refractivity contribution in [1.29, 1.82) is 0 Å². The molecule has 0 spiro atoms. The molecule has 4 unspecified atom stereocenters. The number of hydrogen-bond donors (Lipinski definition) is 2. The third kappa shape index (κ3) is 1.63. The van der Waals surface area contributed by atoms with E-state index < -0.39 is 0 Å². The SMILES string of the molecule is NC1CCC(NC(=O)C2C3C4CCC(C4)C23)CC1. The Balaban J connectivity index is 1.33. The lowest BCUT2D eigenvalue weighted by Gasteiger charge is -2.27. The van der Waals surface area contributed by atoms with Gasteiger partial charge in [-0.05, 0) is 68.6 Å². The summed E-state index contributed by atoms with van der Waals surface area (Å²) < 4.78 is 0. The smallest absolute Gasteiger partial charge is 0.223 e. The van der Waals surface area contributed by atoms with Gasteiger partial charge >= 0.3 is 0 Å². The zero-order valence-electron chi connectivity index (χ0n) is 11.0. The molecule has 0 saturated heterocycles. The Morgan fingerprint density at radius 3 is 2.17 bits per heavy atom. The Labute approximate surface area is 109 Å². The Hall–Kier alpha value is -0.570. The maximum atomic E-state index is 12.3. The minimum Gasteiger partial charge on any atom is -0.353 e. The van der Waals surface area contributed by atoms with Gasteiger partial charge < -0.3 is 11.1 Å². The first kappa shape index (κ1) is 11.3. The number of hydrogen-bond acceptors (Lipinski definition) is 2. The van der Waals surface area contributed by atoms with Gasteiger partial charge in [-0.2, -0.15) is 0 Å². The minimum atomic E-state index is 0.370. The number of nitrogens with one attached hydrogen (secondary N) is 1. The van der Waals surface area contributed by atoms with Crippen molar-refractivity contribution >= 4 is 5.91 Å². The fraction of sp³-hybridized carbons (Fsp3) is 0.933. The normalized spacial score (nSPS) is 53.1. The van der Waals surface area contributed by atoms with Crippen LogP contribution in [0.2, 0.25) is 0 Å². The maximum absolute atomic E-state index is 12.3. The van der Waals surface area contributed by atoms with E-state index in [-0.39, 0.29) is 0 Å². The van der Waals surface area contributed by atoms with Crippen molar-refractivity contribution in [2.24, 2.45) is 35.3 Å². The van der Waals surface area contributed by atoms with E-state index in [0.717, 1.165) is 49.4 Å². The van der Waals surface area contributed by atoms with E-state index in [0.29, 0.717) is 23.9 Å². The summed E-state index contributed by atoms with van der Waals surface area (Å²) in [7, 11) is 0. The van der Waals surface area contributed by atoms with Crippen molar-refractivity contribution in [1.82, 2.24) is 5.32 Å². The highest BCUT2D eigenvalue weighted by molar-refractivity contribution is 5.83. The summed E-state index contributed by atoms with van der Waals surface area (Å²) in [6, 6.07) is 0.783. The third-order valence-corrected chi connectivity index (χ3v) is 6.16. The molecule has 2 bridgehead atoms. The Kier molecular flexibility index (Phi) is 2.48. The summed E-state index contributed by atoms with van der Waals surface area (Å²) >= 11 is 0. The average molecular weight is 248 g/mol. The van der Waals surface area contributed by atoms with Gasteiger partial charge in [-0.3, -0.25) is 4.79 Å². The predicted molar refractivity (Wildman–Crippen MR) is 69.7 cm³/mol. The van der Waals surface area contributed by atoms with Gasteiger partial charge in [0.25, 0.3) is 0 Å². The molecule has 100 valence electrons. The van der Waals surface area contributed by atoms with Gasteiger partial charge in [-0.25, -0.2) is 0 Å². The Bertz CT molecular complexity index is 346. The Morgan fingerprint density at radius 2 is 1.56 bits per heavy atom. The maximum Gasteiger partial charge on any atom is 0.223 e. The third-order valence-electron chi connectivity index (χ3n) is 6.16. The molecule has 1 amide bonds. The summed E-state index contributed by atoms with van der Waals surface area (Å²) in [5.74, 6) is 4.11. The standard InChI is InChI=1S/C15H24N2O/c16-10-3-5-11(6-4-10)17-15(18)14-12-8-1-2-9(7-8)13(12)14/h8-14H,1-7,16H2,(H,17,18). The highest BCUT2D eigenvalue weighted by Gasteiger charge is 2.67. The van der Waals surface area contributed by atoms with E-state index in [1.54, 1.807) is 0 Å². The predicted octanol–water partition coefficient (Wildman–Crippen LogP) is 1.66. The molecule has 0 aromatic rings. The van der Waals surface area contributed by atoms with Crippen LogP contribution in [0.15, 0.2) is 0 Å². The zero-order valence-corrected chi connectivity index (χ0v) is 11.0. The van der Waals surface area contributed by atoms with E-state index in [2.05, 4.69) is 5.32 Å².